The van der Waals surface area contributed by atoms with Gasteiger partial charge in [0.15, 0.2) is 0 Å². The number of rotatable bonds is 2. The molecule has 0 unspecified atom stereocenters. The predicted octanol–water partition coefficient (Wildman–Crippen LogP) is 3.11. The van der Waals surface area contributed by atoms with Crippen molar-refractivity contribution < 1.29 is 0 Å². The minimum absolute atomic E-state index is 0.0611. The maximum Gasteiger partial charge on any atom is 0.224 e. The van der Waals surface area contributed by atoms with Gasteiger partial charge in [-0.2, -0.15) is 10.2 Å². The highest BCUT2D eigenvalue weighted by molar-refractivity contribution is 6.28. The van der Waals surface area contributed by atoms with Crippen LogP contribution in [-0.2, 0) is 0 Å². The highest BCUT2D eigenvalue weighted by Crippen LogP contribution is 2.23. The maximum absolute atomic E-state index is 9.16. The van der Waals surface area contributed by atoms with Crippen LogP contribution in [0.4, 0.5) is 5.82 Å². The number of nitrogens with zero attached hydrogens (tertiary/aromatic N) is 3. The lowest BCUT2D eigenvalue weighted by Gasteiger charge is -2.31. The number of aromatic nitrogens is 2. The van der Waals surface area contributed by atoms with Gasteiger partial charge in [-0.1, -0.05) is 12.8 Å². The molecular weight excluding hydrogens is 286 g/mol. The number of nitrogens with one attached hydrogen (secondary N) is 2. The zero-order valence-electron chi connectivity index (χ0n) is 12.6. The molecule has 0 bridgehead atoms. The van der Waals surface area contributed by atoms with Crippen molar-refractivity contribution in [3.63, 3.8) is 0 Å². The molecule has 114 valence electrons. The van der Waals surface area contributed by atoms with Crippen LogP contribution in [0.1, 0.15) is 51.5 Å². The van der Waals surface area contributed by atoms with E-state index >= 15 is 0 Å². The lowest BCUT2D eigenvalue weighted by molar-refractivity contribution is 0.345. The second kappa shape index (κ2) is 7.06. The Balaban J connectivity index is 2.15. The first-order chi connectivity index (χ1) is 10.00. The summed E-state index contributed by atoms with van der Waals surface area (Å²) < 4.78 is 0. The Morgan fingerprint density at radius 2 is 2.24 bits per heavy atom. The lowest BCUT2D eigenvalue weighted by atomic mass is 9.93. The van der Waals surface area contributed by atoms with Crippen molar-refractivity contribution in [2.75, 3.05) is 11.9 Å². The average Bonchev–Trinajstić information content (AvgIpc) is 2.49. The molecule has 1 fully saturated rings. The Labute approximate surface area is 131 Å². The molecule has 1 aromatic rings. The van der Waals surface area contributed by atoms with Gasteiger partial charge in [-0.05, 0) is 51.3 Å². The van der Waals surface area contributed by atoms with Crippen LogP contribution < -0.4 is 10.6 Å². The fraction of sp³-hybridized carbons (Fsp3) is 0.667. The summed E-state index contributed by atoms with van der Waals surface area (Å²) in [4.78, 5) is 8.02. The van der Waals surface area contributed by atoms with E-state index in [1.54, 1.807) is 0 Å². The van der Waals surface area contributed by atoms with Crippen molar-refractivity contribution in [1.82, 2.24) is 15.3 Å². The van der Waals surface area contributed by atoms with Gasteiger partial charge in [0.05, 0.1) is 6.20 Å². The molecule has 2 N–H and O–H groups in total. The number of nitriles is 1. The van der Waals surface area contributed by atoms with Crippen LogP contribution in [0.5, 0.6) is 0 Å². The summed E-state index contributed by atoms with van der Waals surface area (Å²) in [6.45, 7) is 5.48. The highest BCUT2D eigenvalue weighted by atomic mass is 35.5. The van der Waals surface area contributed by atoms with Crippen molar-refractivity contribution in [1.29, 1.82) is 5.26 Å². The molecule has 1 aromatic heterocycles. The molecule has 1 atom stereocenters. The number of hydrogen-bond donors (Lipinski definition) is 2. The fourth-order valence-electron chi connectivity index (χ4n) is 2.78. The molecule has 21 heavy (non-hydrogen) atoms. The van der Waals surface area contributed by atoms with E-state index in [0.29, 0.717) is 11.4 Å². The minimum Gasteiger partial charge on any atom is -0.366 e. The summed E-state index contributed by atoms with van der Waals surface area (Å²) in [6, 6.07) is 2.38. The van der Waals surface area contributed by atoms with Gasteiger partial charge in [-0.25, -0.2) is 4.98 Å². The van der Waals surface area contributed by atoms with Crippen LogP contribution in [-0.4, -0.2) is 28.1 Å². The van der Waals surface area contributed by atoms with Gasteiger partial charge in [0.1, 0.15) is 17.5 Å². The second-order valence-corrected chi connectivity index (χ2v) is 6.56. The highest BCUT2D eigenvalue weighted by Gasteiger charge is 2.24. The van der Waals surface area contributed by atoms with Crippen LogP contribution in [0, 0.1) is 11.3 Å². The lowest BCUT2D eigenvalue weighted by Crippen LogP contribution is -2.43. The third-order valence-electron chi connectivity index (χ3n) is 3.81. The molecule has 1 aliphatic rings. The fourth-order valence-corrected chi connectivity index (χ4v) is 2.91. The van der Waals surface area contributed by atoms with E-state index in [2.05, 4.69) is 40.5 Å². The Morgan fingerprint density at radius 1 is 1.43 bits per heavy atom. The third-order valence-corrected chi connectivity index (χ3v) is 3.99. The average molecular weight is 308 g/mol. The van der Waals surface area contributed by atoms with E-state index in [1.165, 1.54) is 25.5 Å². The van der Waals surface area contributed by atoms with E-state index in [-0.39, 0.29) is 16.9 Å². The predicted molar refractivity (Wildman–Crippen MR) is 84.3 cm³/mol. The molecule has 0 amide bonds. The first-order valence-electron chi connectivity index (χ1n) is 7.44. The van der Waals surface area contributed by atoms with Crippen molar-refractivity contribution in [3.05, 3.63) is 17.0 Å². The Bertz CT molecular complexity index is 523. The first-order valence-corrected chi connectivity index (χ1v) is 7.82. The molecule has 1 aliphatic heterocycles. The zero-order chi connectivity index (χ0) is 15.3. The summed E-state index contributed by atoms with van der Waals surface area (Å²) in [5.74, 6) is 0.539. The SMILES string of the molecule is CC1(C)C[C@@H](Nc2nc(Cl)ncc2C#N)CCCCCN1. The topological polar surface area (TPSA) is 73.6 Å². The van der Waals surface area contributed by atoms with Crippen LogP contribution >= 0.6 is 11.6 Å². The monoisotopic (exact) mass is 307 g/mol. The zero-order valence-corrected chi connectivity index (χ0v) is 13.4. The van der Waals surface area contributed by atoms with Crippen LogP contribution in [0.3, 0.4) is 0 Å². The van der Waals surface area contributed by atoms with E-state index in [4.69, 9.17) is 16.9 Å². The van der Waals surface area contributed by atoms with Crippen LogP contribution in [0.25, 0.3) is 0 Å². The summed E-state index contributed by atoms with van der Waals surface area (Å²) in [6.07, 6.45) is 7.11. The molecule has 0 aliphatic carbocycles. The van der Waals surface area contributed by atoms with E-state index < -0.39 is 0 Å². The number of hydrogen-bond acceptors (Lipinski definition) is 5. The van der Waals surface area contributed by atoms with Crippen LogP contribution in [0.2, 0.25) is 5.28 Å². The molecule has 0 saturated carbocycles. The summed E-state index contributed by atoms with van der Waals surface area (Å²) in [7, 11) is 0. The summed E-state index contributed by atoms with van der Waals surface area (Å²) in [5, 5.41) is 16.3. The maximum atomic E-state index is 9.16. The Hall–Kier alpha value is -1.38. The summed E-state index contributed by atoms with van der Waals surface area (Å²) in [5.41, 5.74) is 0.496. The standard InChI is InChI=1S/C15H22ClN5/c1-15(2)8-12(6-4-3-5-7-19-15)20-13-11(9-17)10-18-14(16)21-13/h10,12,19H,3-8H2,1-2H3,(H,18,20,21)/t12-/m0/s1. The molecule has 2 rings (SSSR count). The van der Waals surface area contributed by atoms with Gasteiger partial charge in [0.25, 0.3) is 0 Å². The van der Waals surface area contributed by atoms with Crippen molar-refractivity contribution >= 4 is 17.4 Å². The largest absolute Gasteiger partial charge is 0.366 e. The molecule has 1 saturated heterocycles. The molecule has 0 aromatic carbocycles. The third kappa shape index (κ3) is 4.83. The number of anilines is 1. The van der Waals surface area contributed by atoms with Crippen molar-refractivity contribution in [2.45, 2.75) is 57.5 Å². The quantitative estimate of drug-likeness (QED) is 0.821. The van der Waals surface area contributed by atoms with Gasteiger partial charge >= 0.3 is 0 Å². The second-order valence-electron chi connectivity index (χ2n) is 6.22. The van der Waals surface area contributed by atoms with Gasteiger partial charge in [0, 0.05) is 11.6 Å². The molecule has 0 radical (unpaired) electrons. The molecule has 0 spiro atoms. The first kappa shape index (κ1) is 16.0. The van der Waals surface area contributed by atoms with E-state index in [9.17, 15) is 0 Å². The van der Waals surface area contributed by atoms with Crippen LogP contribution in [0.15, 0.2) is 6.20 Å². The molecular formula is C15H22ClN5. The van der Waals surface area contributed by atoms with Gasteiger partial charge in [-0.3, -0.25) is 0 Å². The van der Waals surface area contributed by atoms with E-state index in [1.807, 2.05) is 0 Å². The van der Waals surface area contributed by atoms with Crippen molar-refractivity contribution in [3.8, 4) is 6.07 Å². The molecule has 5 nitrogen and oxygen atoms in total. The smallest absolute Gasteiger partial charge is 0.224 e. The summed E-state index contributed by atoms with van der Waals surface area (Å²) >= 11 is 5.85. The van der Waals surface area contributed by atoms with Crippen molar-refractivity contribution in [2.24, 2.45) is 0 Å². The van der Waals surface area contributed by atoms with Gasteiger partial charge < -0.3 is 10.6 Å². The number of halogens is 1. The minimum atomic E-state index is 0.0611. The van der Waals surface area contributed by atoms with E-state index in [0.717, 1.165) is 19.4 Å². The molecule has 6 heteroatoms. The molecule has 2 heterocycles. The van der Waals surface area contributed by atoms with Gasteiger partial charge in [-0.15, -0.1) is 0 Å². The van der Waals surface area contributed by atoms with Gasteiger partial charge in [0.2, 0.25) is 5.28 Å². The normalized spacial score (nSPS) is 22.5. The Kier molecular flexibility index (Phi) is 5.38. The Morgan fingerprint density at radius 3 is 3.00 bits per heavy atom.